The van der Waals surface area contributed by atoms with Gasteiger partial charge in [0.2, 0.25) is 0 Å². The third kappa shape index (κ3) is 5.77. The smallest absolute Gasteiger partial charge is 0.133 e. The molecule has 0 aliphatic carbocycles. The lowest BCUT2D eigenvalue weighted by molar-refractivity contribution is -0.120. The van der Waals surface area contributed by atoms with E-state index in [1.165, 1.54) is 6.92 Å². The van der Waals surface area contributed by atoms with Crippen molar-refractivity contribution in [1.82, 2.24) is 0 Å². The maximum Gasteiger partial charge on any atom is 0.133 e. The van der Waals surface area contributed by atoms with Crippen LogP contribution < -0.4 is 0 Å². The Balaban J connectivity index is 3.39. The number of rotatable bonds is 5. The van der Waals surface area contributed by atoms with Crippen molar-refractivity contribution in [3.63, 3.8) is 0 Å². The highest BCUT2D eigenvalue weighted by atomic mass is 16.1. The van der Waals surface area contributed by atoms with Crippen LogP contribution in [0.5, 0.6) is 0 Å². The first-order valence-electron chi connectivity index (χ1n) is 3.88. The van der Waals surface area contributed by atoms with Crippen LogP contribution in [0, 0.1) is 12.3 Å². The molecule has 0 saturated heterocycles. The Morgan fingerprint density at radius 2 is 1.91 bits per heavy atom. The number of hydrogen-bond acceptors (Lipinski definition) is 2. The fourth-order valence-electron chi connectivity index (χ4n) is 0.740. The Kier molecular flexibility index (Phi) is 4.75. The molecule has 0 rings (SSSR count). The van der Waals surface area contributed by atoms with Crippen molar-refractivity contribution < 1.29 is 9.59 Å². The van der Waals surface area contributed by atoms with E-state index in [1.807, 2.05) is 6.92 Å². The van der Waals surface area contributed by atoms with Crippen LogP contribution in [0.4, 0.5) is 0 Å². The molecular formula is C9H15O2. The average molecular weight is 155 g/mol. The van der Waals surface area contributed by atoms with E-state index in [-0.39, 0.29) is 17.5 Å². The predicted molar refractivity (Wildman–Crippen MR) is 44.1 cm³/mol. The zero-order chi connectivity index (χ0) is 8.85. The van der Waals surface area contributed by atoms with Crippen LogP contribution in [-0.4, -0.2) is 11.6 Å². The first-order valence-corrected chi connectivity index (χ1v) is 3.88. The number of carbonyl (C=O) groups is 2. The SMILES string of the molecule is CC(=O)[CH]CCC(C)C(C)=O. The van der Waals surface area contributed by atoms with Crippen molar-refractivity contribution in [2.45, 2.75) is 33.6 Å². The van der Waals surface area contributed by atoms with Gasteiger partial charge in [-0.25, -0.2) is 0 Å². The summed E-state index contributed by atoms with van der Waals surface area (Å²) < 4.78 is 0. The van der Waals surface area contributed by atoms with Crippen LogP contribution in [-0.2, 0) is 9.59 Å². The van der Waals surface area contributed by atoms with Crippen LogP contribution in [0.1, 0.15) is 33.6 Å². The van der Waals surface area contributed by atoms with Crippen LogP contribution in [0.3, 0.4) is 0 Å². The largest absolute Gasteiger partial charge is 0.300 e. The zero-order valence-corrected chi connectivity index (χ0v) is 7.39. The van der Waals surface area contributed by atoms with Crippen LogP contribution in [0.2, 0.25) is 0 Å². The monoisotopic (exact) mass is 155 g/mol. The molecule has 0 N–H and O–H groups in total. The first kappa shape index (κ1) is 10.3. The molecule has 63 valence electrons. The summed E-state index contributed by atoms with van der Waals surface area (Å²) in [5, 5.41) is 0. The zero-order valence-electron chi connectivity index (χ0n) is 7.39. The van der Waals surface area contributed by atoms with Gasteiger partial charge < -0.3 is 0 Å². The maximum absolute atomic E-state index is 10.7. The van der Waals surface area contributed by atoms with Gasteiger partial charge in [-0.05, 0) is 26.7 Å². The topological polar surface area (TPSA) is 34.1 Å². The highest BCUT2D eigenvalue weighted by molar-refractivity contribution is 5.84. The predicted octanol–water partition coefficient (Wildman–Crippen LogP) is 1.78. The standard InChI is InChI=1S/C9H15O2/c1-7(9(3)11)5-4-6-8(2)10/h6-7H,4-5H2,1-3H3. The fourth-order valence-corrected chi connectivity index (χ4v) is 0.740. The molecule has 11 heavy (non-hydrogen) atoms. The molecule has 2 heteroatoms. The third-order valence-electron chi connectivity index (χ3n) is 1.73. The van der Waals surface area contributed by atoms with E-state index in [0.29, 0.717) is 0 Å². The van der Waals surface area contributed by atoms with Crippen molar-refractivity contribution in [3.8, 4) is 0 Å². The van der Waals surface area contributed by atoms with Crippen molar-refractivity contribution in [2.75, 3.05) is 0 Å². The number of Topliss-reactive ketones (excluding diaryl/α,β-unsaturated/α-hetero) is 2. The van der Waals surface area contributed by atoms with E-state index < -0.39 is 0 Å². The number of ketones is 2. The Morgan fingerprint density at radius 3 is 2.27 bits per heavy atom. The van der Waals surface area contributed by atoms with E-state index in [1.54, 1.807) is 13.3 Å². The maximum atomic E-state index is 10.7. The van der Waals surface area contributed by atoms with Gasteiger partial charge in [0.1, 0.15) is 11.6 Å². The molecule has 0 aliphatic rings. The fraction of sp³-hybridized carbons (Fsp3) is 0.667. The van der Waals surface area contributed by atoms with E-state index in [4.69, 9.17) is 0 Å². The number of carbonyl (C=O) groups excluding carboxylic acids is 2. The summed E-state index contributed by atoms with van der Waals surface area (Å²) in [5.74, 6) is 0.369. The van der Waals surface area contributed by atoms with Gasteiger partial charge in [0, 0.05) is 12.3 Å². The van der Waals surface area contributed by atoms with Crippen molar-refractivity contribution in [2.24, 2.45) is 5.92 Å². The van der Waals surface area contributed by atoms with Crippen molar-refractivity contribution >= 4 is 11.6 Å². The van der Waals surface area contributed by atoms with Gasteiger partial charge in [0.15, 0.2) is 0 Å². The van der Waals surface area contributed by atoms with Gasteiger partial charge in [-0.1, -0.05) is 6.92 Å². The van der Waals surface area contributed by atoms with Crippen molar-refractivity contribution in [1.29, 1.82) is 0 Å². The molecule has 0 spiro atoms. The lowest BCUT2D eigenvalue weighted by Crippen LogP contribution is -2.06. The van der Waals surface area contributed by atoms with E-state index in [0.717, 1.165) is 12.8 Å². The average Bonchev–Trinajstić information content (AvgIpc) is 1.86. The van der Waals surface area contributed by atoms with Gasteiger partial charge >= 0.3 is 0 Å². The van der Waals surface area contributed by atoms with Gasteiger partial charge in [-0.3, -0.25) is 9.59 Å². The molecule has 0 saturated carbocycles. The summed E-state index contributed by atoms with van der Waals surface area (Å²) in [4.78, 5) is 21.2. The lowest BCUT2D eigenvalue weighted by Gasteiger charge is -2.04. The molecule has 0 aromatic heterocycles. The van der Waals surface area contributed by atoms with Crippen LogP contribution >= 0.6 is 0 Å². The Labute approximate surface area is 68.0 Å². The Bertz CT molecular complexity index is 150. The molecule has 1 unspecified atom stereocenters. The summed E-state index contributed by atoms with van der Waals surface area (Å²) >= 11 is 0. The molecule has 0 fully saturated rings. The second kappa shape index (κ2) is 5.05. The quantitative estimate of drug-likeness (QED) is 0.606. The Hall–Kier alpha value is -0.660. The minimum atomic E-state index is 0.0840. The first-order chi connectivity index (χ1) is 5.04. The molecule has 2 nitrogen and oxygen atoms in total. The minimum absolute atomic E-state index is 0.0840. The molecule has 0 aliphatic heterocycles. The third-order valence-corrected chi connectivity index (χ3v) is 1.73. The van der Waals surface area contributed by atoms with Gasteiger partial charge in [-0.2, -0.15) is 0 Å². The summed E-state index contributed by atoms with van der Waals surface area (Å²) in [6.07, 6.45) is 3.13. The summed E-state index contributed by atoms with van der Waals surface area (Å²) in [6.45, 7) is 4.99. The molecule has 0 aromatic rings. The van der Waals surface area contributed by atoms with Crippen LogP contribution in [0.15, 0.2) is 0 Å². The second-order valence-corrected chi connectivity index (χ2v) is 2.90. The normalized spacial score (nSPS) is 12.6. The molecule has 1 radical (unpaired) electrons. The van der Waals surface area contributed by atoms with Gasteiger partial charge in [0.05, 0.1) is 0 Å². The van der Waals surface area contributed by atoms with Gasteiger partial charge in [-0.15, -0.1) is 0 Å². The molecular weight excluding hydrogens is 140 g/mol. The molecule has 1 atom stereocenters. The van der Waals surface area contributed by atoms with Crippen molar-refractivity contribution in [3.05, 3.63) is 6.42 Å². The number of hydrogen-bond donors (Lipinski definition) is 0. The lowest BCUT2D eigenvalue weighted by atomic mass is 10.00. The summed E-state index contributed by atoms with van der Waals surface area (Å²) in [7, 11) is 0. The van der Waals surface area contributed by atoms with E-state index in [2.05, 4.69) is 0 Å². The van der Waals surface area contributed by atoms with Gasteiger partial charge in [0.25, 0.3) is 0 Å². The molecule has 0 amide bonds. The van der Waals surface area contributed by atoms with Crippen LogP contribution in [0.25, 0.3) is 0 Å². The summed E-state index contributed by atoms with van der Waals surface area (Å²) in [5.41, 5.74) is 0. The highest BCUT2D eigenvalue weighted by Crippen LogP contribution is 2.07. The van der Waals surface area contributed by atoms with E-state index in [9.17, 15) is 9.59 Å². The highest BCUT2D eigenvalue weighted by Gasteiger charge is 2.06. The molecule has 0 bridgehead atoms. The van der Waals surface area contributed by atoms with E-state index >= 15 is 0 Å². The second-order valence-electron chi connectivity index (χ2n) is 2.90. The summed E-state index contributed by atoms with van der Waals surface area (Å²) in [6, 6.07) is 0. The minimum Gasteiger partial charge on any atom is -0.300 e. The molecule has 0 aromatic carbocycles. The molecule has 0 heterocycles. The Morgan fingerprint density at radius 1 is 1.36 bits per heavy atom.